The lowest BCUT2D eigenvalue weighted by atomic mass is 10.1. The minimum atomic E-state index is -0.226. The first-order chi connectivity index (χ1) is 16.7. The molecule has 1 aliphatic rings. The lowest BCUT2D eigenvalue weighted by molar-refractivity contribution is 0.122. The largest absolute Gasteiger partial charge is 0.506 e. The Morgan fingerprint density at radius 3 is 2.47 bits per heavy atom. The van der Waals surface area contributed by atoms with E-state index in [2.05, 4.69) is 21.2 Å². The first kappa shape index (κ1) is 22.9. The standard InChI is InChI=1S/C25H25N5O4/c1-32-22-11-9-18(16-23(22)33-2)8-10-21(31)20(17-26)24-27-28-25(29-12-14-34-15-13-29)30(24)19-6-4-3-5-7-19/h3-11,16,31H,12-15H2,1-2H3/b10-8+,21-20?. The summed E-state index contributed by atoms with van der Waals surface area (Å²) in [6.45, 7) is 2.47. The van der Waals surface area contributed by atoms with Crippen LogP contribution in [0.5, 0.6) is 11.5 Å². The molecule has 0 bridgehead atoms. The van der Waals surface area contributed by atoms with E-state index in [4.69, 9.17) is 14.2 Å². The highest BCUT2D eigenvalue weighted by Gasteiger charge is 2.24. The minimum Gasteiger partial charge on any atom is -0.506 e. The Labute approximate surface area is 197 Å². The van der Waals surface area contributed by atoms with E-state index in [1.807, 2.05) is 36.4 Å². The molecule has 9 heteroatoms. The first-order valence-electron chi connectivity index (χ1n) is 10.7. The summed E-state index contributed by atoms with van der Waals surface area (Å²) >= 11 is 0. The van der Waals surface area contributed by atoms with Crippen molar-refractivity contribution in [3.05, 3.63) is 71.8 Å². The van der Waals surface area contributed by atoms with Gasteiger partial charge in [-0.15, -0.1) is 10.2 Å². The van der Waals surface area contributed by atoms with Crippen LogP contribution in [0.1, 0.15) is 11.4 Å². The second-order valence-electron chi connectivity index (χ2n) is 7.41. The predicted molar refractivity (Wildman–Crippen MR) is 128 cm³/mol. The molecule has 0 saturated carbocycles. The van der Waals surface area contributed by atoms with Crippen LogP contribution in [0, 0.1) is 11.3 Å². The van der Waals surface area contributed by atoms with Crippen molar-refractivity contribution >= 4 is 17.6 Å². The number of aliphatic hydroxyl groups excluding tert-OH is 1. The van der Waals surface area contributed by atoms with E-state index in [0.29, 0.717) is 43.8 Å². The number of methoxy groups -OCH3 is 2. The number of para-hydroxylation sites is 1. The normalized spacial score (nSPS) is 14.6. The summed E-state index contributed by atoms with van der Waals surface area (Å²) in [5.41, 5.74) is 1.56. The van der Waals surface area contributed by atoms with Gasteiger partial charge >= 0.3 is 0 Å². The van der Waals surface area contributed by atoms with Crippen LogP contribution in [0.25, 0.3) is 17.3 Å². The number of aromatic nitrogens is 3. The van der Waals surface area contributed by atoms with Gasteiger partial charge in [0.2, 0.25) is 5.95 Å². The van der Waals surface area contributed by atoms with Gasteiger partial charge in [0.05, 0.1) is 33.1 Å². The number of nitriles is 1. The van der Waals surface area contributed by atoms with Crippen LogP contribution < -0.4 is 14.4 Å². The zero-order chi connectivity index (χ0) is 23.9. The smallest absolute Gasteiger partial charge is 0.232 e. The summed E-state index contributed by atoms with van der Waals surface area (Å²) in [6, 6.07) is 17.0. The van der Waals surface area contributed by atoms with Gasteiger partial charge in [0.1, 0.15) is 17.4 Å². The molecule has 9 nitrogen and oxygen atoms in total. The zero-order valence-electron chi connectivity index (χ0n) is 19.0. The molecule has 0 amide bonds. The summed E-state index contributed by atoms with van der Waals surface area (Å²) in [5.74, 6) is 1.78. The van der Waals surface area contributed by atoms with Gasteiger partial charge in [-0.2, -0.15) is 5.26 Å². The molecule has 1 aliphatic heterocycles. The van der Waals surface area contributed by atoms with Crippen molar-refractivity contribution in [3.8, 4) is 23.3 Å². The van der Waals surface area contributed by atoms with Gasteiger partial charge in [0.15, 0.2) is 17.3 Å². The van der Waals surface area contributed by atoms with Gasteiger partial charge in [-0.05, 0) is 35.9 Å². The SMILES string of the molecule is COc1ccc(/C=C/C(O)=C(C#N)c2nnc(N3CCOCC3)n2-c2ccccc2)cc1OC. The number of benzene rings is 2. The monoisotopic (exact) mass is 459 g/mol. The third kappa shape index (κ3) is 4.72. The second kappa shape index (κ2) is 10.6. The van der Waals surface area contributed by atoms with Gasteiger partial charge < -0.3 is 24.2 Å². The molecular weight excluding hydrogens is 434 g/mol. The van der Waals surface area contributed by atoms with Crippen molar-refractivity contribution in [3.63, 3.8) is 0 Å². The van der Waals surface area contributed by atoms with Crippen LogP contribution >= 0.6 is 0 Å². The summed E-state index contributed by atoms with van der Waals surface area (Å²) in [4.78, 5) is 2.05. The van der Waals surface area contributed by atoms with Crippen molar-refractivity contribution in [2.24, 2.45) is 0 Å². The molecule has 0 spiro atoms. The fraction of sp³-hybridized carbons (Fsp3) is 0.240. The van der Waals surface area contributed by atoms with Crippen molar-refractivity contribution in [2.75, 3.05) is 45.4 Å². The lowest BCUT2D eigenvalue weighted by Gasteiger charge is -2.28. The Kier molecular flexibility index (Phi) is 7.10. The maximum atomic E-state index is 10.8. The number of rotatable bonds is 7. The van der Waals surface area contributed by atoms with Crippen LogP contribution in [0.15, 0.2) is 60.4 Å². The number of anilines is 1. The van der Waals surface area contributed by atoms with Crippen LogP contribution in [0.3, 0.4) is 0 Å². The zero-order valence-corrected chi connectivity index (χ0v) is 19.0. The molecule has 1 saturated heterocycles. The van der Waals surface area contributed by atoms with Crippen LogP contribution in [0.2, 0.25) is 0 Å². The molecule has 2 aromatic carbocycles. The van der Waals surface area contributed by atoms with E-state index in [-0.39, 0.29) is 17.2 Å². The van der Waals surface area contributed by atoms with E-state index in [9.17, 15) is 10.4 Å². The van der Waals surface area contributed by atoms with Crippen molar-refractivity contribution in [1.29, 1.82) is 5.26 Å². The van der Waals surface area contributed by atoms with E-state index >= 15 is 0 Å². The topological polar surface area (TPSA) is 106 Å². The molecule has 0 atom stereocenters. The number of aliphatic hydroxyl groups is 1. The van der Waals surface area contributed by atoms with Gasteiger partial charge in [-0.25, -0.2) is 0 Å². The molecule has 4 rings (SSSR count). The molecule has 1 aromatic heterocycles. The number of hydrogen-bond donors (Lipinski definition) is 1. The molecule has 1 N–H and O–H groups in total. The third-order valence-electron chi connectivity index (χ3n) is 5.39. The molecule has 0 aliphatic carbocycles. The second-order valence-corrected chi connectivity index (χ2v) is 7.41. The van der Waals surface area contributed by atoms with Crippen molar-refractivity contribution < 1.29 is 19.3 Å². The highest BCUT2D eigenvalue weighted by atomic mass is 16.5. The van der Waals surface area contributed by atoms with E-state index in [0.717, 1.165) is 11.3 Å². The van der Waals surface area contributed by atoms with Gasteiger partial charge in [-0.1, -0.05) is 30.3 Å². The van der Waals surface area contributed by atoms with Gasteiger partial charge in [-0.3, -0.25) is 4.57 Å². The highest BCUT2D eigenvalue weighted by molar-refractivity contribution is 5.79. The number of allylic oxidation sites excluding steroid dienone is 2. The predicted octanol–water partition coefficient (Wildman–Crippen LogP) is 3.63. The minimum absolute atomic E-state index is 0.00703. The number of hydrogen-bond acceptors (Lipinski definition) is 8. The Morgan fingerprint density at radius 2 is 1.79 bits per heavy atom. The van der Waals surface area contributed by atoms with E-state index < -0.39 is 0 Å². The molecule has 174 valence electrons. The highest BCUT2D eigenvalue weighted by Crippen LogP contribution is 2.29. The summed E-state index contributed by atoms with van der Waals surface area (Å²) < 4.78 is 17.8. The Hall–Kier alpha value is -4.29. The Bertz CT molecular complexity index is 1240. The van der Waals surface area contributed by atoms with Gasteiger partial charge in [0.25, 0.3) is 0 Å². The lowest BCUT2D eigenvalue weighted by Crippen LogP contribution is -2.38. The Morgan fingerprint density at radius 1 is 1.06 bits per heavy atom. The molecular formula is C25H25N5O4. The van der Waals surface area contributed by atoms with Gasteiger partial charge in [0, 0.05) is 13.1 Å². The van der Waals surface area contributed by atoms with Crippen LogP contribution in [-0.2, 0) is 4.74 Å². The molecule has 3 aromatic rings. The average molecular weight is 460 g/mol. The average Bonchev–Trinajstić information content (AvgIpc) is 3.33. The van der Waals surface area contributed by atoms with Crippen molar-refractivity contribution in [2.45, 2.75) is 0 Å². The molecule has 1 fully saturated rings. The third-order valence-corrected chi connectivity index (χ3v) is 5.39. The van der Waals surface area contributed by atoms with Crippen molar-refractivity contribution in [1.82, 2.24) is 14.8 Å². The van der Waals surface area contributed by atoms with Crippen LogP contribution in [-0.4, -0.2) is 60.4 Å². The first-order valence-corrected chi connectivity index (χ1v) is 10.7. The number of nitrogens with zero attached hydrogens (tertiary/aromatic N) is 5. The molecule has 0 radical (unpaired) electrons. The van der Waals surface area contributed by atoms with Crippen LogP contribution in [0.4, 0.5) is 5.95 Å². The summed E-state index contributed by atoms with van der Waals surface area (Å²) in [7, 11) is 3.12. The maximum Gasteiger partial charge on any atom is 0.232 e. The maximum absolute atomic E-state index is 10.8. The number of ether oxygens (including phenoxy) is 3. The molecule has 2 heterocycles. The molecule has 0 unspecified atom stereocenters. The quantitative estimate of drug-likeness (QED) is 0.324. The fourth-order valence-corrected chi connectivity index (χ4v) is 3.66. The van der Waals surface area contributed by atoms with E-state index in [1.165, 1.54) is 6.08 Å². The fourth-order valence-electron chi connectivity index (χ4n) is 3.66. The molecule has 34 heavy (non-hydrogen) atoms. The number of morpholine rings is 1. The summed E-state index contributed by atoms with van der Waals surface area (Å²) in [5, 5.41) is 29.4. The summed E-state index contributed by atoms with van der Waals surface area (Å²) in [6.07, 6.45) is 3.14. The Balaban J connectivity index is 1.75. The van der Waals surface area contributed by atoms with E-state index in [1.54, 1.807) is 37.0 Å².